The first-order valence-corrected chi connectivity index (χ1v) is 8.75. The van der Waals surface area contributed by atoms with Gasteiger partial charge in [-0.05, 0) is 37.5 Å². The average Bonchev–Trinajstić information content (AvgIpc) is 2.95. The van der Waals surface area contributed by atoms with E-state index in [0.717, 1.165) is 25.7 Å². The number of esters is 1. The molecule has 122 valence electrons. The van der Waals surface area contributed by atoms with Crippen LogP contribution in [-0.2, 0) is 14.8 Å². The molecule has 1 aliphatic rings. The van der Waals surface area contributed by atoms with E-state index in [2.05, 4.69) is 9.46 Å². The van der Waals surface area contributed by atoms with E-state index in [1.807, 2.05) is 0 Å². The molecule has 0 aromatic heterocycles. The Kier molecular flexibility index (Phi) is 4.89. The summed E-state index contributed by atoms with van der Waals surface area (Å²) in [5.41, 5.74) is 6.12. The van der Waals surface area contributed by atoms with E-state index in [0.29, 0.717) is 5.56 Å². The predicted octanol–water partition coefficient (Wildman–Crippen LogP) is 1.33. The van der Waals surface area contributed by atoms with Gasteiger partial charge in [0.2, 0.25) is 10.0 Å². The number of ether oxygens (including phenoxy) is 1. The van der Waals surface area contributed by atoms with Gasteiger partial charge < -0.3 is 10.5 Å². The lowest BCUT2D eigenvalue weighted by molar-refractivity contribution is 0.0599. The Balaban J connectivity index is 2.35. The normalized spacial score (nSPS) is 17.4. The summed E-state index contributed by atoms with van der Waals surface area (Å²) >= 11 is 0. The second-order valence-corrected chi connectivity index (χ2v) is 7.45. The van der Waals surface area contributed by atoms with Crippen LogP contribution in [0.1, 0.15) is 41.6 Å². The van der Waals surface area contributed by atoms with Gasteiger partial charge in [0.15, 0.2) is 0 Å². The van der Waals surface area contributed by atoms with Crippen LogP contribution >= 0.6 is 0 Å². The number of aryl methyl sites for hydroxylation is 1. The minimum Gasteiger partial charge on any atom is -0.465 e. The highest BCUT2D eigenvalue weighted by Gasteiger charge is 2.37. The van der Waals surface area contributed by atoms with Gasteiger partial charge >= 0.3 is 5.97 Å². The Hall–Kier alpha value is -1.44. The molecule has 1 aromatic carbocycles. The molecule has 6 nitrogen and oxygen atoms in total. The molecule has 3 N–H and O–H groups in total. The van der Waals surface area contributed by atoms with Crippen LogP contribution in [0, 0.1) is 6.92 Å². The molecule has 7 heteroatoms. The van der Waals surface area contributed by atoms with Crippen LogP contribution in [0.5, 0.6) is 0 Å². The zero-order valence-electron chi connectivity index (χ0n) is 12.9. The van der Waals surface area contributed by atoms with Gasteiger partial charge in [0.05, 0.1) is 17.6 Å². The molecule has 0 radical (unpaired) electrons. The van der Waals surface area contributed by atoms with Crippen molar-refractivity contribution in [3.63, 3.8) is 0 Å². The van der Waals surface area contributed by atoms with Crippen LogP contribution in [0.2, 0.25) is 0 Å². The number of benzene rings is 1. The number of nitrogens with one attached hydrogen (secondary N) is 1. The molecule has 22 heavy (non-hydrogen) atoms. The van der Waals surface area contributed by atoms with Gasteiger partial charge in [0.25, 0.3) is 0 Å². The Morgan fingerprint density at radius 1 is 1.36 bits per heavy atom. The molecular formula is C15H22N2O4S. The number of hydrogen-bond acceptors (Lipinski definition) is 5. The van der Waals surface area contributed by atoms with Crippen LogP contribution in [0.3, 0.4) is 0 Å². The van der Waals surface area contributed by atoms with Crippen molar-refractivity contribution < 1.29 is 17.9 Å². The van der Waals surface area contributed by atoms with E-state index in [1.54, 1.807) is 13.0 Å². The topological polar surface area (TPSA) is 98.5 Å². The molecule has 2 rings (SSSR count). The molecule has 0 aliphatic heterocycles. The monoisotopic (exact) mass is 326 g/mol. The molecule has 0 bridgehead atoms. The van der Waals surface area contributed by atoms with E-state index in [-0.39, 0.29) is 17.0 Å². The highest BCUT2D eigenvalue weighted by Crippen LogP contribution is 2.30. The quantitative estimate of drug-likeness (QED) is 0.795. The Bertz CT molecular complexity index is 664. The van der Waals surface area contributed by atoms with Crippen molar-refractivity contribution in [2.45, 2.75) is 43.0 Å². The third kappa shape index (κ3) is 3.31. The van der Waals surface area contributed by atoms with Crippen molar-refractivity contribution >= 4 is 16.0 Å². The van der Waals surface area contributed by atoms with Gasteiger partial charge in [-0.3, -0.25) is 0 Å². The predicted molar refractivity (Wildman–Crippen MR) is 83.1 cm³/mol. The SMILES string of the molecule is COC(=O)c1cc(S(=O)(=O)NC2(CN)CCCC2)ccc1C. The van der Waals surface area contributed by atoms with Crippen LogP contribution in [0.4, 0.5) is 0 Å². The number of carbonyl (C=O) groups excluding carboxylic acids is 1. The summed E-state index contributed by atoms with van der Waals surface area (Å²) < 4.78 is 32.6. The number of carbonyl (C=O) groups is 1. The Morgan fingerprint density at radius 3 is 2.55 bits per heavy atom. The summed E-state index contributed by atoms with van der Waals surface area (Å²) in [6.07, 6.45) is 3.39. The lowest BCUT2D eigenvalue weighted by Crippen LogP contribution is -2.51. The minimum atomic E-state index is -3.73. The van der Waals surface area contributed by atoms with E-state index < -0.39 is 21.5 Å². The number of nitrogens with two attached hydrogens (primary N) is 1. The van der Waals surface area contributed by atoms with Gasteiger partial charge in [-0.1, -0.05) is 18.9 Å². The van der Waals surface area contributed by atoms with Crippen LogP contribution in [0.25, 0.3) is 0 Å². The van der Waals surface area contributed by atoms with Crippen molar-refractivity contribution in [1.29, 1.82) is 0 Å². The van der Waals surface area contributed by atoms with Gasteiger partial charge in [-0.25, -0.2) is 17.9 Å². The fraction of sp³-hybridized carbons (Fsp3) is 0.533. The summed E-state index contributed by atoms with van der Waals surface area (Å²) in [4.78, 5) is 11.8. The lowest BCUT2D eigenvalue weighted by atomic mass is 10.0. The van der Waals surface area contributed by atoms with Crippen molar-refractivity contribution in [2.75, 3.05) is 13.7 Å². The molecular weight excluding hydrogens is 304 g/mol. The van der Waals surface area contributed by atoms with Crippen LogP contribution in [0.15, 0.2) is 23.1 Å². The highest BCUT2D eigenvalue weighted by atomic mass is 32.2. The minimum absolute atomic E-state index is 0.0539. The summed E-state index contributed by atoms with van der Waals surface area (Å²) in [5.74, 6) is -0.552. The maximum absolute atomic E-state index is 12.6. The standard InChI is InChI=1S/C15H22N2O4S/c1-11-5-6-12(9-13(11)14(18)21-2)22(19,20)17-15(10-16)7-3-4-8-15/h5-6,9,17H,3-4,7-8,10,16H2,1-2H3. The number of methoxy groups -OCH3 is 1. The molecule has 0 atom stereocenters. The fourth-order valence-electron chi connectivity index (χ4n) is 2.84. The van der Waals surface area contributed by atoms with Gasteiger partial charge in [0, 0.05) is 12.1 Å². The maximum Gasteiger partial charge on any atom is 0.338 e. The molecule has 0 saturated heterocycles. The molecule has 1 saturated carbocycles. The first-order valence-electron chi connectivity index (χ1n) is 7.27. The molecule has 1 fully saturated rings. The van der Waals surface area contributed by atoms with Crippen LogP contribution < -0.4 is 10.5 Å². The second kappa shape index (κ2) is 6.36. The second-order valence-electron chi connectivity index (χ2n) is 5.77. The van der Waals surface area contributed by atoms with Gasteiger partial charge in [-0.2, -0.15) is 0 Å². The van der Waals surface area contributed by atoms with Crippen molar-refractivity contribution in [2.24, 2.45) is 5.73 Å². The number of sulfonamides is 1. The maximum atomic E-state index is 12.6. The number of rotatable bonds is 5. The zero-order chi connectivity index (χ0) is 16.4. The first-order chi connectivity index (χ1) is 10.3. The smallest absolute Gasteiger partial charge is 0.338 e. The third-order valence-electron chi connectivity index (χ3n) is 4.23. The van der Waals surface area contributed by atoms with E-state index in [1.165, 1.54) is 19.2 Å². The molecule has 0 spiro atoms. The molecule has 0 heterocycles. The van der Waals surface area contributed by atoms with E-state index >= 15 is 0 Å². The van der Waals surface area contributed by atoms with E-state index in [4.69, 9.17) is 5.73 Å². The third-order valence-corrected chi connectivity index (χ3v) is 5.80. The van der Waals surface area contributed by atoms with Gasteiger partial charge in [-0.15, -0.1) is 0 Å². The summed E-state index contributed by atoms with van der Waals surface area (Å²) in [6, 6.07) is 4.44. The van der Waals surface area contributed by atoms with Crippen molar-refractivity contribution in [3.05, 3.63) is 29.3 Å². The Labute approximate surface area is 131 Å². The summed E-state index contributed by atoms with van der Waals surface area (Å²) in [5, 5.41) is 0. The fourth-order valence-corrected chi connectivity index (χ4v) is 4.34. The summed E-state index contributed by atoms with van der Waals surface area (Å²) in [6.45, 7) is 2.00. The molecule has 1 aromatic rings. The highest BCUT2D eigenvalue weighted by molar-refractivity contribution is 7.89. The Morgan fingerprint density at radius 2 is 2.00 bits per heavy atom. The lowest BCUT2D eigenvalue weighted by Gasteiger charge is -2.28. The summed E-state index contributed by atoms with van der Waals surface area (Å²) in [7, 11) is -2.47. The van der Waals surface area contributed by atoms with E-state index in [9.17, 15) is 13.2 Å². The van der Waals surface area contributed by atoms with Gasteiger partial charge in [0.1, 0.15) is 0 Å². The molecule has 0 amide bonds. The first kappa shape index (κ1) is 16.9. The zero-order valence-corrected chi connectivity index (χ0v) is 13.7. The largest absolute Gasteiger partial charge is 0.465 e. The average molecular weight is 326 g/mol. The van der Waals surface area contributed by atoms with Crippen molar-refractivity contribution in [1.82, 2.24) is 4.72 Å². The van der Waals surface area contributed by atoms with Crippen molar-refractivity contribution in [3.8, 4) is 0 Å². The molecule has 0 unspecified atom stereocenters. The number of hydrogen-bond donors (Lipinski definition) is 2. The molecule has 1 aliphatic carbocycles. The van der Waals surface area contributed by atoms with Crippen LogP contribution in [-0.4, -0.2) is 33.6 Å².